The van der Waals surface area contributed by atoms with Gasteiger partial charge in [-0.3, -0.25) is 0 Å². The molecule has 1 atom stereocenters. The molecule has 2 aromatic carbocycles. The lowest BCUT2D eigenvalue weighted by molar-refractivity contribution is 0.236. The van der Waals surface area contributed by atoms with E-state index in [9.17, 15) is 5.11 Å². The number of benzene rings is 2. The molecule has 114 valence electrons. The van der Waals surface area contributed by atoms with E-state index in [1.54, 1.807) is 12.1 Å². The van der Waals surface area contributed by atoms with Crippen LogP contribution in [0, 0.1) is 11.8 Å². The van der Waals surface area contributed by atoms with Crippen LogP contribution in [0.5, 0.6) is 17.2 Å². The predicted molar refractivity (Wildman–Crippen MR) is 84.4 cm³/mol. The Kier molecular flexibility index (Phi) is 5.29. The summed E-state index contributed by atoms with van der Waals surface area (Å²) in [5, 5.41) is 10.3. The van der Waals surface area contributed by atoms with Gasteiger partial charge in [-0.1, -0.05) is 30.0 Å². The quantitative estimate of drug-likeness (QED) is 0.882. The third-order valence-corrected chi connectivity index (χ3v) is 3.13. The van der Waals surface area contributed by atoms with E-state index < -0.39 is 6.10 Å². The molecule has 4 nitrogen and oxygen atoms in total. The molecule has 22 heavy (non-hydrogen) atoms. The number of hydrogen-bond acceptors (Lipinski definition) is 4. The Bertz CT molecular complexity index is 658. The van der Waals surface area contributed by atoms with Gasteiger partial charge in [-0.25, -0.2) is 0 Å². The molecule has 0 heterocycles. The summed E-state index contributed by atoms with van der Waals surface area (Å²) in [5.74, 6) is 7.19. The highest BCUT2D eigenvalue weighted by atomic mass is 16.5. The second-order valence-corrected chi connectivity index (χ2v) is 4.50. The molecule has 1 N–H and O–H groups in total. The predicted octanol–water partition coefficient (Wildman–Crippen LogP) is 2.80. The van der Waals surface area contributed by atoms with Crippen LogP contribution >= 0.6 is 0 Å². The second kappa shape index (κ2) is 7.39. The van der Waals surface area contributed by atoms with Crippen LogP contribution in [0.25, 0.3) is 0 Å². The normalized spacial score (nSPS) is 11.1. The first-order chi connectivity index (χ1) is 10.7. The van der Waals surface area contributed by atoms with Crippen molar-refractivity contribution in [2.75, 3.05) is 21.3 Å². The molecule has 0 aliphatic carbocycles. The Labute approximate surface area is 130 Å². The molecule has 0 saturated heterocycles. The molecule has 0 spiro atoms. The molecule has 2 rings (SSSR count). The molecule has 0 saturated carbocycles. The lowest BCUT2D eigenvalue weighted by atomic mass is 10.1. The average Bonchev–Trinajstić information content (AvgIpc) is 2.59. The molecule has 0 aliphatic heterocycles. The van der Waals surface area contributed by atoms with Crippen molar-refractivity contribution in [1.29, 1.82) is 0 Å². The van der Waals surface area contributed by atoms with Crippen molar-refractivity contribution in [3.8, 4) is 29.1 Å². The summed E-state index contributed by atoms with van der Waals surface area (Å²) in [5.41, 5.74) is 1.42. The van der Waals surface area contributed by atoms with E-state index in [0.29, 0.717) is 22.8 Å². The fraction of sp³-hybridized carbons (Fsp3) is 0.222. The van der Waals surface area contributed by atoms with Gasteiger partial charge in [0.05, 0.1) is 21.3 Å². The lowest BCUT2D eigenvalue weighted by Crippen LogP contribution is -2.00. The van der Waals surface area contributed by atoms with E-state index in [4.69, 9.17) is 14.2 Å². The van der Waals surface area contributed by atoms with Crippen molar-refractivity contribution < 1.29 is 19.3 Å². The Morgan fingerprint density at radius 3 is 2.00 bits per heavy atom. The number of aliphatic hydroxyl groups is 1. The Morgan fingerprint density at radius 1 is 0.909 bits per heavy atom. The molecule has 0 bridgehead atoms. The standard InChI is InChI=1S/C18H18O4/c1-20-16-11-14(12-17(21-2)18(16)22-3)15(19)10-9-13-7-5-4-6-8-13/h4-8,11-12,15,19H,1-3H3. The zero-order chi connectivity index (χ0) is 15.9. The number of hydrogen-bond donors (Lipinski definition) is 1. The maximum atomic E-state index is 10.3. The first-order valence-corrected chi connectivity index (χ1v) is 6.74. The summed E-state index contributed by atoms with van der Waals surface area (Å²) in [4.78, 5) is 0. The van der Waals surface area contributed by atoms with Crippen LogP contribution in [0.2, 0.25) is 0 Å². The van der Waals surface area contributed by atoms with E-state index in [1.807, 2.05) is 30.3 Å². The lowest BCUT2D eigenvalue weighted by Gasteiger charge is -2.14. The number of ether oxygens (including phenoxy) is 3. The van der Waals surface area contributed by atoms with Crippen molar-refractivity contribution in [3.63, 3.8) is 0 Å². The van der Waals surface area contributed by atoms with Crippen LogP contribution in [0.4, 0.5) is 0 Å². The minimum Gasteiger partial charge on any atom is -0.493 e. The number of aliphatic hydroxyl groups excluding tert-OH is 1. The van der Waals surface area contributed by atoms with Crippen LogP contribution in [0.15, 0.2) is 42.5 Å². The van der Waals surface area contributed by atoms with Crippen molar-refractivity contribution in [1.82, 2.24) is 0 Å². The average molecular weight is 298 g/mol. The molecular formula is C18H18O4. The summed E-state index contributed by atoms with van der Waals surface area (Å²) in [6, 6.07) is 12.9. The summed E-state index contributed by atoms with van der Waals surface area (Å²) in [6.45, 7) is 0. The number of methoxy groups -OCH3 is 3. The van der Waals surface area contributed by atoms with Gasteiger partial charge in [-0.05, 0) is 24.3 Å². The smallest absolute Gasteiger partial charge is 0.203 e. The van der Waals surface area contributed by atoms with E-state index >= 15 is 0 Å². The van der Waals surface area contributed by atoms with Gasteiger partial charge in [0, 0.05) is 11.1 Å². The van der Waals surface area contributed by atoms with E-state index in [2.05, 4.69) is 11.8 Å². The van der Waals surface area contributed by atoms with Gasteiger partial charge in [0.15, 0.2) is 11.5 Å². The van der Waals surface area contributed by atoms with E-state index in [-0.39, 0.29) is 0 Å². The highest BCUT2D eigenvalue weighted by molar-refractivity contribution is 5.55. The maximum Gasteiger partial charge on any atom is 0.203 e. The van der Waals surface area contributed by atoms with Crippen molar-refractivity contribution in [3.05, 3.63) is 53.6 Å². The maximum absolute atomic E-state index is 10.3. The van der Waals surface area contributed by atoms with E-state index in [1.165, 1.54) is 21.3 Å². The molecule has 0 aromatic heterocycles. The van der Waals surface area contributed by atoms with Gasteiger partial charge in [-0.2, -0.15) is 0 Å². The fourth-order valence-corrected chi connectivity index (χ4v) is 2.02. The topological polar surface area (TPSA) is 47.9 Å². The van der Waals surface area contributed by atoms with Crippen LogP contribution in [0.1, 0.15) is 17.2 Å². The van der Waals surface area contributed by atoms with Crippen LogP contribution < -0.4 is 14.2 Å². The summed E-state index contributed by atoms with van der Waals surface area (Å²) in [7, 11) is 4.60. The molecule has 0 aliphatic rings. The molecule has 0 radical (unpaired) electrons. The van der Waals surface area contributed by atoms with Crippen LogP contribution in [-0.2, 0) is 0 Å². The molecule has 0 fully saturated rings. The highest BCUT2D eigenvalue weighted by Gasteiger charge is 2.16. The molecule has 1 unspecified atom stereocenters. The van der Waals surface area contributed by atoms with Crippen molar-refractivity contribution >= 4 is 0 Å². The summed E-state index contributed by atoms with van der Waals surface area (Å²) >= 11 is 0. The zero-order valence-electron chi connectivity index (χ0n) is 12.8. The first-order valence-electron chi connectivity index (χ1n) is 6.74. The number of rotatable bonds is 4. The molecule has 2 aromatic rings. The summed E-state index contributed by atoms with van der Waals surface area (Å²) < 4.78 is 15.8. The van der Waals surface area contributed by atoms with Gasteiger partial charge in [0.1, 0.15) is 6.10 Å². The zero-order valence-corrected chi connectivity index (χ0v) is 12.8. The third-order valence-electron chi connectivity index (χ3n) is 3.13. The minimum atomic E-state index is -0.950. The van der Waals surface area contributed by atoms with Crippen LogP contribution in [-0.4, -0.2) is 26.4 Å². The third kappa shape index (κ3) is 3.51. The van der Waals surface area contributed by atoms with Gasteiger partial charge >= 0.3 is 0 Å². The van der Waals surface area contributed by atoms with Crippen molar-refractivity contribution in [2.45, 2.75) is 6.10 Å². The fourth-order valence-electron chi connectivity index (χ4n) is 2.02. The Hall–Kier alpha value is -2.64. The molecular weight excluding hydrogens is 280 g/mol. The van der Waals surface area contributed by atoms with E-state index in [0.717, 1.165) is 5.56 Å². The van der Waals surface area contributed by atoms with Gasteiger partial charge in [-0.15, -0.1) is 0 Å². The van der Waals surface area contributed by atoms with Gasteiger partial charge in [0.2, 0.25) is 5.75 Å². The second-order valence-electron chi connectivity index (χ2n) is 4.50. The summed E-state index contributed by atoms with van der Waals surface area (Å²) in [6.07, 6.45) is -0.950. The van der Waals surface area contributed by atoms with Gasteiger partial charge in [0.25, 0.3) is 0 Å². The monoisotopic (exact) mass is 298 g/mol. The van der Waals surface area contributed by atoms with Crippen molar-refractivity contribution in [2.24, 2.45) is 0 Å². The highest BCUT2D eigenvalue weighted by Crippen LogP contribution is 2.39. The largest absolute Gasteiger partial charge is 0.493 e. The SMILES string of the molecule is COc1cc(C(O)C#Cc2ccccc2)cc(OC)c1OC. The minimum absolute atomic E-state index is 0.483. The Balaban J connectivity index is 2.34. The van der Waals surface area contributed by atoms with Crippen LogP contribution in [0.3, 0.4) is 0 Å². The molecule has 4 heteroatoms. The Morgan fingerprint density at radius 2 is 1.50 bits per heavy atom. The van der Waals surface area contributed by atoms with Gasteiger partial charge < -0.3 is 19.3 Å². The first kappa shape index (κ1) is 15.7. The molecule has 0 amide bonds.